The van der Waals surface area contributed by atoms with Crippen LogP contribution in [0, 0.1) is 11.3 Å². The Bertz CT molecular complexity index is 959. The lowest BCUT2D eigenvalue weighted by atomic mass is 9.72. The smallest absolute Gasteiger partial charge is 0.325 e. The molecule has 1 atom stereocenters. The molecule has 168 valence electrons. The molecule has 2 aromatic rings. The van der Waals surface area contributed by atoms with Crippen LogP contribution in [0.15, 0.2) is 23.9 Å². The second-order valence-electron chi connectivity index (χ2n) is 8.71. The molecule has 1 aliphatic carbocycles. The number of carbonyl (C=O) groups excluding carboxylic acids is 2. The van der Waals surface area contributed by atoms with Gasteiger partial charge >= 0.3 is 5.97 Å². The number of methoxy groups -OCH3 is 1. The van der Waals surface area contributed by atoms with Crippen LogP contribution >= 0.6 is 23.1 Å². The van der Waals surface area contributed by atoms with Crippen molar-refractivity contribution in [3.8, 4) is 10.7 Å². The van der Waals surface area contributed by atoms with Crippen LogP contribution in [0.5, 0.6) is 0 Å². The molecular formula is C22H30N4O3S2. The summed E-state index contributed by atoms with van der Waals surface area (Å²) >= 11 is 3.09. The van der Waals surface area contributed by atoms with Gasteiger partial charge in [0, 0.05) is 11.4 Å². The monoisotopic (exact) mass is 462 g/mol. The predicted molar refractivity (Wildman–Crippen MR) is 124 cm³/mol. The molecule has 0 radical (unpaired) electrons. The summed E-state index contributed by atoms with van der Waals surface area (Å²) in [6, 6.07) is 2.26. The third-order valence-corrected chi connectivity index (χ3v) is 7.75. The van der Waals surface area contributed by atoms with Crippen LogP contribution in [0.25, 0.3) is 10.7 Å². The molecule has 1 N–H and O–H groups in total. The van der Waals surface area contributed by atoms with Gasteiger partial charge in [-0.1, -0.05) is 38.6 Å². The fraction of sp³-hybridized carbons (Fsp3) is 0.545. The average molecular weight is 463 g/mol. The molecule has 3 rings (SSSR count). The molecular weight excluding hydrogens is 432 g/mol. The summed E-state index contributed by atoms with van der Waals surface area (Å²) in [5.41, 5.74) is 1.73. The molecule has 2 heterocycles. The zero-order valence-electron chi connectivity index (χ0n) is 18.6. The number of esters is 1. The van der Waals surface area contributed by atoms with E-state index in [-0.39, 0.29) is 18.2 Å². The van der Waals surface area contributed by atoms with Gasteiger partial charge in [-0.3, -0.25) is 14.2 Å². The lowest BCUT2D eigenvalue weighted by Gasteiger charge is -2.33. The van der Waals surface area contributed by atoms with E-state index in [1.165, 1.54) is 35.7 Å². The van der Waals surface area contributed by atoms with Crippen LogP contribution in [0.1, 0.15) is 37.6 Å². The summed E-state index contributed by atoms with van der Waals surface area (Å²) in [6.45, 7) is 11.2. The van der Waals surface area contributed by atoms with Crippen LogP contribution in [0.4, 0.5) is 0 Å². The number of fused-ring (bicyclic) bond motifs is 1. The highest BCUT2D eigenvalue weighted by Gasteiger charge is 2.30. The first-order valence-corrected chi connectivity index (χ1v) is 12.2. The number of aromatic nitrogens is 3. The molecule has 0 aliphatic heterocycles. The third kappa shape index (κ3) is 5.77. The fourth-order valence-corrected chi connectivity index (χ4v) is 5.65. The van der Waals surface area contributed by atoms with Crippen molar-refractivity contribution in [3.05, 3.63) is 29.2 Å². The number of allylic oxidation sites excluding steroid dienone is 1. The van der Waals surface area contributed by atoms with Gasteiger partial charge in [-0.2, -0.15) is 0 Å². The minimum atomic E-state index is -0.481. The van der Waals surface area contributed by atoms with E-state index in [1.807, 2.05) is 4.57 Å². The van der Waals surface area contributed by atoms with Crippen LogP contribution in [-0.4, -0.2) is 46.0 Å². The van der Waals surface area contributed by atoms with Crippen LogP contribution < -0.4 is 5.32 Å². The van der Waals surface area contributed by atoms with Crippen LogP contribution in [0.2, 0.25) is 0 Å². The van der Waals surface area contributed by atoms with E-state index in [1.54, 1.807) is 17.4 Å². The average Bonchev–Trinajstić information content (AvgIpc) is 3.33. The number of aryl methyl sites for hydroxylation is 1. The van der Waals surface area contributed by atoms with Gasteiger partial charge in [-0.25, -0.2) is 0 Å². The summed E-state index contributed by atoms with van der Waals surface area (Å²) in [5.74, 6) is 0.892. The lowest BCUT2D eigenvalue weighted by Crippen LogP contribution is -2.31. The Balaban J connectivity index is 1.74. The topological polar surface area (TPSA) is 86.1 Å². The van der Waals surface area contributed by atoms with Gasteiger partial charge in [0.2, 0.25) is 5.91 Å². The molecule has 0 spiro atoms. The summed E-state index contributed by atoms with van der Waals surface area (Å²) in [4.78, 5) is 25.7. The minimum Gasteiger partial charge on any atom is -0.468 e. The molecule has 0 fully saturated rings. The number of nitrogens with zero attached hydrogens (tertiary/aromatic N) is 3. The quantitative estimate of drug-likeness (QED) is 0.366. The first-order chi connectivity index (χ1) is 14.7. The Labute approximate surface area is 191 Å². The van der Waals surface area contributed by atoms with Gasteiger partial charge < -0.3 is 10.1 Å². The maximum absolute atomic E-state index is 12.0. The number of amides is 1. The number of hydrogen-bond acceptors (Lipinski definition) is 7. The van der Waals surface area contributed by atoms with E-state index in [2.05, 4.69) is 53.7 Å². The second kappa shape index (κ2) is 9.99. The fourth-order valence-electron chi connectivity index (χ4n) is 3.67. The Morgan fingerprint density at radius 2 is 2.19 bits per heavy atom. The standard InChI is InChI=1S/C22H30N4O3S2/c1-6-9-26-20(24-25-21(26)30-13-18(27)23-12-19(28)29-5)17-11-14-10-15(22(2,3)4)7-8-16(14)31-17/h6,11,15H,1,7-10,12-13H2,2-5H3,(H,23,27). The van der Waals surface area contributed by atoms with Crippen molar-refractivity contribution in [2.75, 3.05) is 19.4 Å². The van der Waals surface area contributed by atoms with Crippen LogP contribution in [-0.2, 0) is 33.7 Å². The van der Waals surface area contributed by atoms with Crippen molar-refractivity contribution in [1.82, 2.24) is 20.1 Å². The van der Waals surface area contributed by atoms with E-state index in [0.29, 0.717) is 23.0 Å². The van der Waals surface area contributed by atoms with Gasteiger partial charge in [0.1, 0.15) is 6.54 Å². The molecule has 1 unspecified atom stereocenters. The Morgan fingerprint density at radius 3 is 2.87 bits per heavy atom. The molecule has 2 aromatic heterocycles. The zero-order chi connectivity index (χ0) is 22.6. The summed E-state index contributed by atoms with van der Waals surface area (Å²) in [5, 5.41) is 11.9. The predicted octanol–water partition coefficient (Wildman–Crippen LogP) is 3.72. The van der Waals surface area contributed by atoms with E-state index in [4.69, 9.17) is 0 Å². The molecule has 0 saturated heterocycles. The van der Waals surface area contributed by atoms with Crippen molar-refractivity contribution < 1.29 is 14.3 Å². The number of rotatable bonds is 8. The molecule has 0 saturated carbocycles. The summed E-state index contributed by atoms with van der Waals surface area (Å²) in [6.07, 6.45) is 5.24. The second-order valence-corrected chi connectivity index (χ2v) is 10.8. The minimum absolute atomic E-state index is 0.139. The Hall–Kier alpha value is -2.13. The molecule has 9 heteroatoms. The van der Waals surface area contributed by atoms with Gasteiger partial charge in [-0.15, -0.1) is 28.1 Å². The van der Waals surface area contributed by atoms with Gasteiger partial charge in [0.05, 0.1) is 17.7 Å². The number of nitrogens with one attached hydrogen (secondary N) is 1. The van der Waals surface area contributed by atoms with Crippen LogP contribution in [0.3, 0.4) is 0 Å². The number of carbonyl (C=O) groups is 2. The zero-order valence-corrected chi connectivity index (χ0v) is 20.2. The highest BCUT2D eigenvalue weighted by molar-refractivity contribution is 7.99. The van der Waals surface area contributed by atoms with Crippen molar-refractivity contribution >= 4 is 35.0 Å². The SMILES string of the molecule is C=CCn1c(SCC(=O)NCC(=O)OC)nnc1-c1cc2c(s1)CCC(C(C)(C)C)C2. The Kier molecular flexibility index (Phi) is 7.59. The maximum atomic E-state index is 12.0. The molecule has 0 bridgehead atoms. The van der Waals surface area contributed by atoms with E-state index < -0.39 is 5.97 Å². The number of thioether (sulfide) groups is 1. The maximum Gasteiger partial charge on any atom is 0.325 e. The first kappa shape index (κ1) is 23.5. The summed E-state index contributed by atoms with van der Waals surface area (Å²) < 4.78 is 6.52. The highest BCUT2D eigenvalue weighted by Crippen LogP contribution is 2.42. The highest BCUT2D eigenvalue weighted by atomic mass is 32.2. The number of ether oxygens (including phenoxy) is 1. The van der Waals surface area contributed by atoms with E-state index in [0.717, 1.165) is 23.5 Å². The van der Waals surface area contributed by atoms with Gasteiger partial charge in [-0.05, 0) is 42.2 Å². The van der Waals surface area contributed by atoms with Crippen molar-refractivity contribution in [3.63, 3.8) is 0 Å². The first-order valence-electron chi connectivity index (χ1n) is 10.3. The molecule has 1 amide bonds. The van der Waals surface area contributed by atoms with Crippen molar-refractivity contribution in [2.24, 2.45) is 11.3 Å². The van der Waals surface area contributed by atoms with Gasteiger partial charge in [0.15, 0.2) is 11.0 Å². The third-order valence-electron chi connectivity index (χ3n) is 5.55. The normalized spacial score (nSPS) is 15.9. The molecule has 1 aliphatic rings. The largest absolute Gasteiger partial charge is 0.468 e. The van der Waals surface area contributed by atoms with Crippen molar-refractivity contribution in [2.45, 2.75) is 51.7 Å². The molecule has 7 nitrogen and oxygen atoms in total. The lowest BCUT2D eigenvalue weighted by molar-refractivity contribution is -0.140. The van der Waals surface area contributed by atoms with Crippen molar-refractivity contribution in [1.29, 1.82) is 0 Å². The Morgan fingerprint density at radius 1 is 1.42 bits per heavy atom. The number of thiophene rings is 1. The van der Waals surface area contributed by atoms with Gasteiger partial charge in [0.25, 0.3) is 0 Å². The number of hydrogen-bond donors (Lipinski definition) is 1. The van der Waals surface area contributed by atoms with E-state index in [9.17, 15) is 9.59 Å². The molecule has 0 aromatic carbocycles. The van der Waals surface area contributed by atoms with E-state index >= 15 is 0 Å². The summed E-state index contributed by atoms with van der Waals surface area (Å²) in [7, 11) is 1.29. The molecule has 31 heavy (non-hydrogen) atoms.